The highest BCUT2D eigenvalue weighted by Crippen LogP contribution is 2.24. The molecule has 2 rings (SSSR count). The molecule has 0 unspecified atom stereocenters. The Labute approximate surface area is 102 Å². The van der Waals surface area contributed by atoms with Crippen LogP contribution < -0.4 is 5.73 Å². The number of nitrogen functional groups attached to an aromatic ring is 1. The summed E-state index contributed by atoms with van der Waals surface area (Å²) in [6, 6.07) is 7.85. The molecular weight excluding hydrogens is 212 g/mol. The second-order valence-electron chi connectivity index (χ2n) is 4.38. The molecule has 4 nitrogen and oxygen atoms in total. The largest absolute Gasteiger partial charge is 0.398 e. The van der Waals surface area contributed by atoms with E-state index in [0.717, 1.165) is 29.9 Å². The predicted octanol–water partition coefficient (Wildman–Crippen LogP) is 1.69. The highest BCUT2D eigenvalue weighted by Gasteiger charge is 2.04. The summed E-state index contributed by atoms with van der Waals surface area (Å²) in [7, 11) is 4.11. The maximum Gasteiger partial charge on any atom is 0.0569 e. The summed E-state index contributed by atoms with van der Waals surface area (Å²) in [5.41, 5.74) is 8.85. The van der Waals surface area contributed by atoms with E-state index in [2.05, 4.69) is 24.1 Å². The van der Waals surface area contributed by atoms with E-state index < -0.39 is 0 Å². The van der Waals surface area contributed by atoms with E-state index in [1.807, 2.05) is 41.3 Å². The molecule has 4 heteroatoms. The number of rotatable bonds is 4. The Morgan fingerprint density at radius 1 is 1.29 bits per heavy atom. The van der Waals surface area contributed by atoms with E-state index >= 15 is 0 Å². The van der Waals surface area contributed by atoms with Crippen LogP contribution in [0.15, 0.2) is 36.7 Å². The zero-order chi connectivity index (χ0) is 12.3. The fraction of sp³-hybridized carbons (Fsp3) is 0.308. The molecule has 90 valence electrons. The molecule has 1 aromatic heterocycles. The summed E-state index contributed by atoms with van der Waals surface area (Å²) >= 11 is 0. The van der Waals surface area contributed by atoms with Crippen molar-refractivity contribution in [1.29, 1.82) is 0 Å². The summed E-state index contributed by atoms with van der Waals surface area (Å²) in [4.78, 5) is 2.14. The van der Waals surface area contributed by atoms with Gasteiger partial charge < -0.3 is 10.6 Å². The summed E-state index contributed by atoms with van der Waals surface area (Å²) in [6.07, 6.45) is 3.90. The molecule has 0 amide bonds. The number of likely N-dealkylation sites (N-methyl/N-ethyl adjacent to an activating group) is 1. The van der Waals surface area contributed by atoms with Crippen LogP contribution in [0.4, 0.5) is 5.69 Å². The Morgan fingerprint density at radius 3 is 2.76 bits per heavy atom. The van der Waals surface area contributed by atoms with E-state index in [4.69, 9.17) is 5.73 Å². The maximum absolute atomic E-state index is 5.94. The van der Waals surface area contributed by atoms with Crippen LogP contribution in [0.25, 0.3) is 11.1 Å². The van der Waals surface area contributed by atoms with E-state index in [-0.39, 0.29) is 0 Å². The van der Waals surface area contributed by atoms with Gasteiger partial charge in [-0.3, -0.25) is 4.68 Å². The van der Waals surface area contributed by atoms with Crippen molar-refractivity contribution in [3.8, 4) is 11.1 Å². The highest BCUT2D eigenvalue weighted by molar-refractivity contribution is 5.75. The number of nitrogens with two attached hydrogens (primary N) is 1. The Hall–Kier alpha value is -1.81. The van der Waals surface area contributed by atoms with Gasteiger partial charge >= 0.3 is 0 Å². The number of hydrogen-bond acceptors (Lipinski definition) is 3. The third-order valence-corrected chi connectivity index (χ3v) is 2.68. The van der Waals surface area contributed by atoms with Crippen molar-refractivity contribution in [2.45, 2.75) is 6.54 Å². The number of anilines is 1. The molecule has 2 aromatic rings. The Balaban J connectivity index is 2.16. The van der Waals surface area contributed by atoms with Crippen molar-refractivity contribution in [1.82, 2.24) is 14.7 Å². The summed E-state index contributed by atoms with van der Waals surface area (Å²) in [5.74, 6) is 0. The molecule has 0 atom stereocenters. The van der Waals surface area contributed by atoms with Crippen LogP contribution in [0.5, 0.6) is 0 Å². The first-order chi connectivity index (χ1) is 8.16. The van der Waals surface area contributed by atoms with E-state index in [1.165, 1.54) is 0 Å². The van der Waals surface area contributed by atoms with Gasteiger partial charge in [-0.25, -0.2) is 0 Å². The van der Waals surface area contributed by atoms with Crippen molar-refractivity contribution >= 4 is 5.69 Å². The van der Waals surface area contributed by atoms with Crippen LogP contribution in [0.2, 0.25) is 0 Å². The number of nitrogens with zero attached hydrogens (tertiary/aromatic N) is 3. The standard InChI is InChI=1S/C13H18N4/c1-16(2)7-8-17-10-11(9-15-17)12-5-3-4-6-13(12)14/h3-6,9-10H,7-8,14H2,1-2H3. The minimum atomic E-state index is 0.791. The molecule has 0 saturated carbocycles. The van der Waals surface area contributed by atoms with Gasteiger partial charge in [0.25, 0.3) is 0 Å². The Bertz CT molecular complexity index is 488. The molecule has 0 saturated heterocycles. The van der Waals surface area contributed by atoms with E-state index in [9.17, 15) is 0 Å². The minimum absolute atomic E-state index is 0.791. The number of hydrogen-bond donors (Lipinski definition) is 1. The fourth-order valence-electron chi connectivity index (χ4n) is 1.69. The third kappa shape index (κ3) is 2.85. The van der Waals surface area contributed by atoms with Gasteiger partial charge in [-0.05, 0) is 20.2 Å². The lowest BCUT2D eigenvalue weighted by atomic mass is 10.1. The van der Waals surface area contributed by atoms with Gasteiger partial charge in [0.1, 0.15) is 0 Å². The van der Waals surface area contributed by atoms with Gasteiger partial charge in [0.05, 0.1) is 12.7 Å². The van der Waals surface area contributed by atoms with Gasteiger partial charge in [0.2, 0.25) is 0 Å². The summed E-state index contributed by atoms with van der Waals surface area (Å²) in [5, 5.41) is 4.34. The van der Waals surface area contributed by atoms with Crippen molar-refractivity contribution in [2.75, 3.05) is 26.4 Å². The zero-order valence-corrected chi connectivity index (χ0v) is 10.3. The lowest BCUT2D eigenvalue weighted by Crippen LogP contribution is -2.18. The van der Waals surface area contributed by atoms with Crippen molar-refractivity contribution < 1.29 is 0 Å². The minimum Gasteiger partial charge on any atom is -0.398 e. The lowest BCUT2D eigenvalue weighted by molar-refractivity contribution is 0.373. The van der Waals surface area contributed by atoms with Crippen molar-refractivity contribution in [3.05, 3.63) is 36.7 Å². The van der Waals surface area contributed by atoms with Crippen LogP contribution in [0, 0.1) is 0 Å². The first-order valence-corrected chi connectivity index (χ1v) is 5.69. The molecule has 0 aliphatic heterocycles. The first kappa shape index (κ1) is 11.7. The third-order valence-electron chi connectivity index (χ3n) is 2.68. The first-order valence-electron chi connectivity index (χ1n) is 5.69. The van der Waals surface area contributed by atoms with Crippen LogP contribution in [0.3, 0.4) is 0 Å². The van der Waals surface area contributed by atoms with Crippen molar-refractivity contribution in [2.24, 2.45) is 0 Å². The Morgan fingerprint density at radius 2 is 2.06 bits per heavy atom. The maximum atomic E-state index is 5.94. The molecule has 1 heterocycles. The van der Waals surface area contributed by atoms with Gasteiger partial charge in [0.15, 0.2) is 0 Å². The summed E-state index contributed by atoms with van der Waals surface area (Å²) in [6.45, 7) is 1.87. The number of benzene rings is 1. The molecule has 0 radical (unpaired) electrons. The second-order valence-corrected chi connectivity index (χ2v) is 4.38. The zero-order valence-electron chi connectivity index (χ0n) is 10.3. The summed E-state index contributed by atoms with van der Waals surface area (Å²) < 4.78 is 1.95. The molecule has 0 aliphatic rings. The van der Waals surface area contributed by atoms with E-state index in [1.54, 1.807) is 0 Å². The number of aromatic nitrogens is 2. The smallest absolute Gasteiger partial charge is 0.0569 e. The van der Waals surface area contributed by atoms with Crippen LogP contribution in [-0.2, 0) is 6.54 Å². The molecule has 0 aliphatic carbocycles. The van der Waals surface area contributed by atoms with E-state index in [0.29, 0.717) is 0 Å². The molecule has 1 aromatic carbocycles. The molecule has 0 spiro atoms. The van der Waals surface area contributed by atoms with Gasteiger partial charge in [-0.1, -0.05) is 18.2 Å². The predicted molar refractivity (Wildman–Crippen MR) is 70.6 cm³/mol. The fourth-order valence-corrected chi connectivity index (χ4v) is 1.69. The topological polar surface area (TPSA) is 47.1 Å². The van der Waals surface area contributed by atoms with Gasteiger partial charge in [0, 0.05) is 29.6 Å². The van der Waals surface area contributed by atoms with Crippen LogP contribution in [0.1, 0.15) is 0 Å². The van der Waals surface area contributed by atoms with Gasteiger partial charge in [-0.2, -0.15) is 5.10 Å². The average Bonchev–Trinajstić information content (AvgIpc) is 2.75. The van der Waals surface area contributed by atoms with Crippen molar-refractivity contribution in [3.63, 3.8) is 0 Å². The molecule has 17 heavy (non-hydrogen) atoms. The van der Waals surface area contributed by atoms with Gasteiger partial charge in [-0.15, -0.1) is 0 Å². The van der Waals surface area contributed by atoms with Crippen LogP contribution >= 0.6 is 0 Å². The molecule has 0 bridgehead atoms. The SMILES string of the molecule is CN(C)CCn1cc(-c2ccccc2N)cn1. The number of para-hydroxylation sites is 1. The lowest BCUT2D eigenvalue weighted by Gasteiger charge is -2.08. The normalized spacial score (nSPS) is 11.0. The average molecular weight is 230 g/mol. The molecule has 2 N–H and O–H groups in total. The Kier molecular flexibility index (Phi) is 3.44. The van der Waals surface area contributed by atoms with Crippen LogP contribution in [-0.4, -0.2) is 35.3 Å². The molecule has 0 fully saturated rings. The highest BCUT2D eigenvalue weighted by atomic mass is 15.3. The molecular formula is C13H18N4. The monoisotopic (exact) mass is 230 g/mol. The second kappa shape index (κ2) is 5.01. The quantitative estimate of drug-likeness (QED) is 0.813.